The van der Waals surface area contributed by atoms with Gasteiger partial charge in [0.05, 0.1) is 10.7 Å². The van der Waals surface area contributed by atoms with Crippen molar-refractivity contribution in [3.8, 4) is 11.3 Å². The van der Waals surface area contributed by atoms with Crippen molar-refractivity contribution in [2.75, 3.05) is 10.5 Å². The van der Waals surface area contributed by atoms with Crippen LogP contribution in [0.2, 0.25) is 5.02 Å². The third-order valence-electron chi connectivity index (χ3n) is 4.34. The van der Waals surface area contributed by atoms with Gasteiger partial charge in [0.2, 0.25) is 0 Å². The molecule has 1 aromatic carbocycles. The molecule has 0 spiro atoms. The number of halogens is 1. The molecule has 8 heteroatoms. The predicted molar refractivity (Wildman–Crippen MR) is 106 cm³/mol. The number of hydrogen-bond acceptors (Lipinski definition) is 5. The number of rotatable bonds is 5. The van der Waals surface area contributed by atoms with Crippen molar-refractivity contribution in [1.82, 2.24) is 9.97 Å². The highest BCUT2D eigenvalue weighted by Gasteiger charge is 2.27. The Balaban J connectivity index is 1.71. The Hall–Kier alpha value is -2.64. The van der Waals surface area contributed by atoms with Crippen LogP contribution in [0.4, 0.5) is 11.6 Å². The summed E-state index contributed by atoms with van der Waals surface area (Å²) in [5.41, 5.74) is 8.25. The second-order valence-electron chi connectivity index (χ2n) is 6.39. The first-order valence-electron chi connectivity index (χ1n) is 8.45. The number of sulfonamides is 1. The standard InChI is InChI=1S/C19H17ClN4O2S/c20-15-10-11-17(24-27(25,26)18-7-3-6-16(21)22-18)23-19(15)14-5-2-1-4-13(14)12-8-9-12/h1-7,10-12H,8-9H2,(H2,21,22)(H,23,24). The van der Waals surface area contributed by atoms with Gasteiger partial charge in [0.1, 0.15) is 11.6 Å². The van der Waals surface area contributed by atoms with Gasteiger partial charge < -0.3 is 5.73 Å². The van der Waals surface area contributed by atoms with Crippen LogP contribution < -0.4 is 10.5 Å². The fraction of sp³-hybridized carbons (Fsp3) is 0.158. The summed E-state index contributed by atoms with van der Waals surface area (Å²) in [7, 11) is -3.91. The maximum absolute atomic E-state index is 12.6. The Morgan fingerprint density at radius 1 is 1.00 bits per heavy atom. The largest absolute Gasteiger partial charge is 0.384 e. The van der Waals surface area contributed by atoms with E-state index in [2.05, 4.69) is 20.8 Å². The fourth-order valence-corrected chi connectivity index (χ4v) is 4.11. The third kappa shape index (κ3) is 3.74. The minimum atomic E-state index is -3.91. The highest BCUT2D eigenvalue weighted by Crippen LogP contribution is 2.45. The summed E-state index contributed by atoms with van der Waals surface area (Å²) in [6.07, 6.45) is 2.28. The summed E-state index contributed by atoms with van der Waals surface area (Å²) in [4.78, 5) is 8.32. The lowest BCUT2D eigenvalue weighted by Crippen LogP contribution is -2.16. The molecule has 0 atom stereocenters. The van der Waals surface area contributed by atoms with Crippen LogP contribution in [0.5, 0.6) is 0 Å². The summed E-state index contributed by atoms with van der Waals surface area (Å²) in [5.74, 6) is 0.807. The lowest BCUT2D eigenvalue weighted by molar-refractivity contribution is 0.597. The van der Waals surface area contributed by atoms with Crippen LogP contribution in [0.25, 0.3) is 11.3 Å². The number of benzene rings is 1. The number of pyridine rings is 2. The molecule has 0 unspecified atom stereocenters. The van der Waals surface area contributed by atoms with Gasteiger partial charge >= 0.3 is 0 Å². The maximum Gasteiger partial charge on any atom is 0.280 e. The Bertz CT molecular complexity index is 1110. The van der Waals surface area contributed by atoms with E-state index in [9.17, 15) is 8.42 Å². The fourth-order valence-electron chi connectivity index (χ4n) is 2.92. The Kier molecular flexibility index (Phi) is 4.49. The highest BCUT2D eigenvalue weighted by molar-refractivity contribution is 7.92. The molecule has 1 fully saturated rings. The summed E-state index contributed by atoms with van der Waals surface area (Å²) in [6, 6.07) is 15.5. The normalized spacial score (nSPS) is 14.1. The molecule has 1 aliphatic rings. The van der Waals surface area contributed by atoms with Crippen LogP contribution in [0.1, 0.15) is 24.3 Å². The van der Waals surface area contributed by atoms with Crippen LogP contribution in [-0.2, 0) is 10.0 Å². The van der Waals surface area contributed by atoms with Crippen LogP contribution in [-0.4, -0.2) is 18.4 Å². The molecule has 3 N–H and O–H groups in total. The van der Waals surface area contributed by atoms with E-state index in [-0.39, 0.29) is 16.7 Å². The summed E-state index contributed by atoms with van der Waals surface area (Å²) < 4.78 is 27.6. The SMILES string of the molecule is Nc1cccc(S(=O)(=O)Nc2ccc(Cl)c(-c3ccccc3C3CC3)n2)n1. The monoisotopic (exact) mass is 400 g/mol. The molecule has 1 aliphatic carbocycles. The number of nitrogens with one attached hydrogen (secondary N) is 1. The first kappa shape index (κ1) is 17.8. The van der Waals surface area contributed by atoms with Gasteiger partial charge in [-0.3, -0.25) is 4.72 Å². The molecule has 4 rings (SSSR count). The van der Waals surface area contributed by atoms with Crippen LogP contribution in [0.3, 0.4) is 0 Å². The van der Waals surface area contributed by atoms with E-state index in [4.69, 9.17) is 17.3 Å². The van der Waals surface area contributed by atoms with E-state index in [0.717, 1.165) is 18.4 Å². The van der Waals surface area contributed by atoms with Gasteiger partial charge in [-0.1, -0.05) is 41.9 Å². The van der Waals surface area contributed by atoms with Gasteiger partial charge in [-0.2, -0.15) is 8.42 Å². The average Bonchev–Trinajstić information content (AvgIpc) is 3.48. The van der Waals surface area contributed by atoms with Gasteiger partial charge in [0.15, 0.2) is 5.03 Å². The molecule has 2 heterocycles. The number of aromatic nitrogens is 2. The zero-order valence-corrected chi connectivity index (χ0v) is 15.8. The van der Waals surface area contributed by atoms with Crippen molar-refractivity contribution in [2.45, 2.75) is 23.8 Å². The third-order valence-corrected chi connectivity index (χ3v) is 5.90. The Morgan fingerprint density at radius 3 is 2.52 bits per heavy atom. The van der Waals surface area contributed by atoms with Gasteiger partial charge in [-0.25, -0.2) is 9.97 Å². The van der Waals surface area contributed by atoms with Gasteiger partial charge in [0.25, 0.3) is 10.0 Å². The van der Waals surface area contributed by atoms with E-state index in [1.54, 1.807) is 6.07 Å². The van der Waals surface area contributed by atoms with Crippen molar-refractivity contribution >= 4 is 33.3 Å². The summed E-state index contributed by atoms with van der Waals surface area (Å²) in [6.45, 7) is 0. The molecular formula is C19H17ClN4O2S. The van der Waals surface area contributed by atoms with Crippen molar-refractivity contribution in [1.29, 1.82) is 0 Å². The molecule has 0 radical (unpaired) electrons. The van der Waals surface area contributed by atoms with Gasteiger partial charge in [-0.15, -0.1) is 0 Å². The number of anilines is 2. The molecule has 6 nitrogen and oxygen atoms in total. The minimum Gasteiger partial charge on any atom is -0.384 e. The van der Waals surface area contributed by atoms with Gasteiger partial charge in [-0.05, 0) is 48.6 Å². The molecular weight excluding hydrogens is 384 g/mol. The second kappa shape index (κ2) is 6.83. The lowest BCUT2D eigenvalue weighted by Gasteiger charge is -2.12. The van der Waals surface area contributed by atoms with E-state index >= 15 is 0 Å². The van der Waals surface area contributed by atoms with E-state index < -0.39 is 10.0 Å². The smallest absolute Gasteiger partial charge is 0.280 e. The molecule has 27 heavy (non-hydrogen) atoms. The molecule has 1 saturated carbocycles. The molecule has 2 aromatic heterocycles. The number of hydrogen-bond donors (Lipinski definition) is 2. The number of nitrogens with zero attached hydrogens (tertiary/aromatic N) is 2. The predicted octanol–water partition coefficient (Wildman–Crippen LogP) is 4.06. The van der Waals surface area contributed by atoms with E-state index in [1.165, 1.54) is 29.8 Å². The Morgan fingerprint density at radius 2 is 1.78 bits per heavy atom. The van der Waals surface area contributed by atoms with Crippen molar-refractivity contribution in [2.24, 2.45) is 0 Å². The van der Waals surface area contributed by atoms with Crippen molar-refractivity contribution < 1.29 is 8.42 Å². The lowest BCUT2D eigenvalue weighted by atomic mass is 10.0. The first-order valence-corrected chi connectivity index (χ1v) is 10.3. The topological polar surface area (TPSA) is 98.0 Å². The zero-order chi connectivity index (χ0) is 19.0. The maximum atomic E-state index is 12.6. The summed E-state index contributed by atoms with van der Waals surface area (Å²) in [5, 5.41) is 0.298. The molecule has 0 aliphatic heterocycles. The van der Waals surface area contributed by atoms with E-state index in [0.29, 0.717) is 16.6 Å². The Labute approximate surface area is 162 Å². The molecule has 0 bridgehead atoms. The number of nitrogens with two attached hydrogens (primary N) is 1. The number of nitrogen functional groups attached to an aromatic ring is 1. The zero-order valence-electron chi connectivity index (χ0n) is 14.3. The van der Waals surface area contributed by atoms with Crippen molar-refractivity contribution in [3.63, 3.8) is 0 Å². The molecule has 0 saturated heterocycles. The van der Waals surface area contributed by atoms with Crippen molar-refractivity contribution in [3.05, 3.63) is 65.2 Å². The second-order valence-corrected chi connectivity index (χ2v) is 8.43. The van der Waals surface area contributed by atoms with E-state index in [1.807, 2.05) is 18.2 Å². The minimum absolute atomic E-state index is 0.126. The average molecular weight is 401 g/mol. The summed E-state index contributed by atoms with van der Waals surface area (Å²) >= 11 is 6.37. The molecule has 138 valence electrons. The van der Waals surface area contributed by atoms with Crippen LogP contribution in [0.15, 0.2) is 59.6 Å². The van der Waals surface area contributed by atoms with Gasteiger partial charge in [0, 0.05) is 5.56 Å². The van der Waals surface area contributed by atoms with Crippen LogP contribution >= 0.6 is 11.6 Å². The van der Waals surface area contributed by atoms with Crippen LogP contribution in [0, 0.1) is 0 Å². The molecule has 3 aromatic rings. The first-order chi connectivity index (χ1) is 12.9. The highest BCUT2D eigenvalue weighted by atomic mass is 35.5. The quantitative estimate of drug-likeness (QED) is 0.673. The molecule has 0 amide bonds.